The molecule has 0 radical (unpaired) electrons. The number of nitrogens with zero attached hydrogens (tertiary/aromatic N) is 4. The van der Waals surface area contributed by atoms with Crippen molar-refractivity contribution in [3.8, 4) is 23.2 Å². The maximum absolute atomic E-state index is 9.67. The normalized spacial score (nSPS) is 21.7. The molecule has 2 fully saturated rings. The van der Waals surface area contributed by atoms with Crippen LogP contribution in [0.25, 0.3) is 11.4 Å². The minimum Gasteiger partial charge on any atom is -0.492 e. The lowest BCUT2D eigenvalue weighted by molar-refractivity contribution is 0.0191. The minimum absolute atomic E-state index is 0.309. The van der Waals surface area contributed by atoms with Crippen molar-refractivity contribution >= 4 is 17.5 Å². The zero-order chi connectivity index (χ0) is 24.5. The van der Waals surface area contributed by atoms with Gasteiger partial charge in [-0.25, -0.2) is 9.97 Å². The summed E-state index contributed by atoms with van der Waals surface area (Å²) in [7, 11) is 1.72. The number of ether oxygens (including phenoxy) is 3. The number of hydrogen-bond acceptors (Lipinski definition) is 9. The SMILES string of the molecule is COCCNC1CCC(Nc2ncc(Cl)c(-c3cc(OCC4(C#N)CCOCC4)ccn3)n2)CC1. The summed E-state index contributed by atoms with van der Waals surface area (Å²) in [6.45, 7) is 3.08. The average molecular weight is 501 g/mol. The lowest BCUT2D eigenvalue weighted by Gasteiger charge is -2.30. The van der Waals surface area contributed by atoms with E-state index in [0.717, 1.165) is 38.8 Å². The maximum Gasteiger partial charge on any atom is 0.223 e. The van der Waals surface area contributed by atoms with Crippen LogP contribution < -0.4 is 15.4 Å². The van der Waals surface area contributed by atoms with Gasteiger partial charge in [-0.15, -0.1) is 0 Å². The first-order valence-electron chi connectivity index (χ1n) is 12.2. The van der Waals surface area contributed by atoms with E-state index in [9.17, 15) is 5.26 Å². The molecule has 1 saturated heterocycles. The van der Waals surface area contributed by atoms with Crippen molar-refractivity contribution in [2.24, 2.45) is 5.41 Å². The lowest BCUT2D eigenvalue weighted by Crippen LogP contribution is -2.38. The molecular formula is C25H33ClN6O3. The second-order valence-electron chi connectivity index (χ2n) is 9.20. The number of nitrogens with one attached hydrogen (secondary N) is 2. The number of nitriles is 1. The Labute approximate surface area is 211 Å². The molecule has 4 rings (SSSR count). The maximum atomic E-state index is 9.67. The van der Waals surface area contributed by atoms with E-state index in [1.165, 1.54) is 0 Å². The molecule has 1 saturated carbocycles. The van der Waals surface area contributed by atoms with Gasteiger partial charge in [0.1, 0.15) is 18.1 Å². The Kier molecular flexibility index (Phi) is 9.10. The van der Waals surface area contributed by atoms with Gasteiger partial charge < -0.3 is 24.8 Å². The minimum atomic E-state index is -0.524. The summed E-state index contributed by atoms with van der Waals surface area (Å²) in [6.07, 6.45) is 8.87. The predicted octanol–water partition coefficient (Wildman–Crippen LogP) is 3.85. The fourth-order valence-corrected chi connectivity index (χ4v) is 4.70. The van der Waals surface area contributed by atoms with E-state index in [4.69, 9.17) is 25.8 Å². The predicted molar refractivity (Wildman–Crippen MR) is 133 cm³/mol. The van der Waals surface area contributed by atoms with Crippen molar-refractivity contribution < 1.29 is 14.2 Å². The smallest absolute Gasteiger partial charge is 0.223 e. The van der Waals surface area contributed by atoms with Crippen LogP contribution in [-0.2, 0) is 9.47 Å². The highest BCUT2D eigenvalue weighted by Crippen LogP contribution is 2.32. The monoisotopic (exact) mass is 500 g/mol. The second-order valence-corrected chi connectivity index (χ2v) is 9.61. The summed E-state index contributed by atoms with van der Waals surface area (Å²) in [4.78, 5) is 13.5. The van der Waals surface area contributed by atoms with Crippen molar-refractivity contribution in [1.82, 2.24) is 20.3 Å². The Hall–Kier alpha value is -2.51. The molecule has 9 nitrogen and oxygen atoms in total. The van der Waals surface area contributed by atoms with Gasteiger partial charge in [0.15, 0.2) is 0 Å². The first-order chi connectivity index (χ1) is 17.1. The van der Waals surface area contributed by atoms with Gasteiger partial charge in [0, 0.05) is 51.2 Å². The summed E-state index contributed by atoms with van der Waals surface area (Å²) in [5.74, 6) is 1.17. The fraction of sp³-hybridized carbons (Fsp3) is 0.600. The quantitative estimate of drug-likeness (QED) is 0.469. The summed E-state index contributed by atoms with van der Waals surface area (Å²) < 4.78 is 16.5. The topological polar surface area (TPSA) is 114 Å². The summed E-state index contributed by atoms with van der Waals surface area (Å²) in [6, 6.07) is 6.85. The molecule has 2 N–H and O–H groups in total. The van der Waals surface area contributed by atoms with Crippen LogP contribution in [0.15, 0.2) is 24.5 Å². The number of methoxy groups -OCH3 is 1. The molecule has 3 heterocycles. The highest BCUT2D eigenvalue weighted by molar-refractivity contribution is 6.32. The molecule has 0 spiro atoms. The third-order valence-corrected chi connectivity index (χ3v) is 7.00. The molecule has 2 aromatic rings. The van der Waals surface area contributed by atoms with Crippen LogP contribution in [0.3, 0.4) is 0 Å². The van der Waals surface area contributed by atoms with Gasteiger partial charge in [0.2, 0.25) is 5.95 Å². The summed E-state index contributed by atoms with van der Waals surface area (Å²) in [5.41, 5.74) is 0.622. The van der Waals surface area contributed by atoms with Gasteiger partial charge in [-0.05, 0) is 44.6 Å². The van der Waals surface area contributed by atoms with Crippen LogP contribution in [0.5, 0.6) is 5.75 Å². The molecule has 1 aliphatic carbocycles. The Morgan fingerprint density at radius 3 is 2.71 bits per heavy atom. The van der Waals surface area contributed by atoms with E-state index >= 15 is 0 Å². The highest BCUT2D eigenvalue weighted by atomic mass is 35.5. The van der Waals surface area contributed by atoms with E-state index in [0.29, 0.717) is 72.9 Å². The van der Waals surface area contributed by atoms with Crippen LogP contribution in [0.2, 0.25) is 5.02 Å². The third-order valence-electron chi connectivity index (χ3n) is 6.72. The first-order valence-corrected chi connectivity index (χ1v) is 12.6. The standard InChI is InChI=1S/C25H33ClN6O3/c1-33-13-10-28-18-2-4-19(5-3-18)31-24-30-15-21(26)23(32-24)22-14-20(6-9-29-22)35-17-25(16-27)7-11-34-12-8-25/h6,9,14-15,18-19,28H,2-5,7-8,10-13,17H2,1H3,(H,30,31,32). The van der Waals surface area contributed by atoms with Crippen molar-refractivity contribution in [2.45, 2.75) is 50.6 Å². The van der Waals surface area contributed by atoms with Gasteiger partial charge in [0.25, 0.3) is 0 Å². The van der Waals surface area contributed by atoms with Crippen LogP contribution >= 0.6 is 11.6 Å². The van der Waals surface area contributed by atoms with Crippen LogP contribution in [0.1, 0.15) is 38.5 Å². The lowest BCUT2D eigenvalue weighted by atomic mass is 9.83. The molecule has 0 atom stereocenters. The van der Waals surface area contributed by atoms with Gasteiger partial charge in [-0.1, -0.05) is 11.6 Å². The number of aromatic nitrogens is 3. The summed E-state index contributed by atoms with van der Waals surface area (Å²) in [5, 5.41) is 17.1. The van der Waals surface area contributed by atoms with E-state index in [-0.39, 0.29) is 0 Å². The van der Waals surface area contributed by atoms with Crippen molar-refractivity contribution in [2.75, 3.05) is 45.4 Å². The molecule has 35 heavy (non-hydrogen) atoms. The van der Waals surface area contributed by atoms with E-state index < -0.39 is 5.41 Å². The molecular weight excluding hydrogens is 468 g/mol. The Morgan fingerprint density at radius 1 is 1.20 bits per heavy atom. The number of hydrogen-bond donors (Lipinski definition) is 2. The van der Waals surface area contributed by atoms with Crippen molar-refractivity contribution in [3.63, 3.8) is 0 Å². The van der Waals surface area contributed by atoms with Crippen LogP contribution in [0.4, 0.5) is 5.95 Å². The Bertz CT molecular complexity index is 1000. The van der Waals surface area contributed by atoms with Crippen molar-refractivity contribution in [1.29, 1.82) is 5.26 Å². The van der Waals surface area contributed by atoms with E-state index in [1.807, 2.05) is 0 Å². The van der Waals surface area contributed by atoms with E-state index in [2.05, 4.69) is 31.7 Å². The molecule has 2 aliphatic rings. The Morgan fingerprint density at radius 2 is 1.97 bits per heavy atom. The highest BCUT2D eigenvalue weighted by Gasteiger charge is 2.33. The number of rotatable bonds is 10. The number of halogens is 1. The van der Waals surface area contributed by atoms with Gasteiger partial charge >= 0.3 is 0 Å². The third kappa shape index (κ3) is 7.01. The van der Waals surface area contributed by atoms with Gasteiger partial charge in [0.05, 0.1) is 35.0 Å². The molecule has 0 bridgehead atoms. The molecule has 10 heteroatoms. The molecule has 2 aromatic heterocycles. The van der Waals surface area contributed by atoms with E-state index in [1.54, 1.807) is 31.6 Å². The Balaban J connectivity index is 1.38. The number of anilines is 1. The largest absolute Gasteiger partial charge is 0.492 e. The zero-order valence-electron chi connectivity index (χ0n) is 20.1. The second kappa shape index (κ2) is 12.5. The molecule has 0 aromatic carbocycles. The first kappa shape index (κ1) is 25.6. The molecule has 0 unspecified atom stereocenters. The van der Waals surface area contributed by atoms with Crippen LogP contribution in [0, 0.1) is 16.7 Å². The number of pyridine rings is 1. The van der Waals surface area contributed by atoms with Gasteiger partial charge in [-0.2, -0.15) is 5.26 Å². The fourth-order valence-electron chi connectivity index (χ4n) is 4.51. The van der Waals surface area contributed by atoms with Crippen molar-refractivity contribution in [3.05, 3.63) is 29.5 Å². The average Bonchev–Trinajstić information content (AvgIpc) is 2.90. The summed E-state index contributed by atoms with van der Waals surface area (Å²) >= 11 is 6.44. The van der Waals surface area contributed by atoms with Crippen LogP contribution in [-0.4, -0.2) is 67.1 Å². The zero-order valence-corrected chi connectivity index (χ0v) is 20.9. The molecule has 0 amide bonds. The van der Waals surface area contributed by atoms with Gasteiger partial charge in [-0.3, -0.25) is 4.98 Å². The molecule has 188 valence electrons. The molecule has 1 aliphatic heterocycles.